The summed E-state index contributed by atoms with van der Waals surface area (Å²) in [5, 5.41) is 24.7. The quantitative estimate of drug-likeness (QED) is 0.410. The van der Waals surface area contributed by atoms with E-state index in [-0.39, 0.29) is 22.4 Å². The van der Waals surface area contributed by atoms with Crippen LogP contribution in [0.5, 0.6) is 0 Å². The molecule has 1 unspecified atom stereocenters. The van der Waals surface area contributed by atoms with Gasteiger partial charge in [0, 0.05) is 22.7 Å². The van der Waals surface area contributed by atoms with Crippen LogP contribution in [0.3, 0.4) is 0 Å². The maximum atomic E-state index is 13.3. The molecule has 35 heavy (non-hydrogen) atoms. The van der Waals surface area contributed by atoms with E-state index in [2.05, 4.69) is 5.10 Å². The van der Waals surface area contributed by atoms with Crippen molar-refractivity contribution in [3.63, 3.8) is 0 Å². The molecular formula is C25H21N3O7. The Labute approximate surface area is 199 Å². The number of para-hydroxylation sites is 1. The van der Waals surface area contributed by atoms with Gasteiger partial charge in [0.2, 0.25) is 0 Å². The molecule has 0 spiro atoms. The Morgan fingerprint density at radius 1 is 1.06 bits per heavy atom. The van der Waals surface area contributed by atoms with Gasteiger partial charge in [0.25, 0.3) is 5.91 Å². The summed E-state index contributed by atoms with van der Waals surface area (Å²) in [5.74, 6) is -3.62. The molecule has 0 fully saturated rings. The summed E-state index contributed by atoms with van der Waals surface area (Å²) in [7, 11) is 1.31. The molecule has 0 saturated carbocycles. The number of carboxylic acid groups (broad SMARTS) is 2. The number of nitrogens with zero attached hydrogens (tertiary/aromatic N) is 3. The smallest absolute Gasteiger partial charge is 0.335 e. The third-order valence-electron chi connectivity index (χ3n) is 5.75. The molecule has 3 aromatic rings. The average Bonchev–Trinajstić information content (AvgIpc) is 3.35. The van der Waals surface area contributed by atoms with E-state index >= 15 is 0 Å². The fourth-order valence-corrected chi connectivity index (χ4v) is 3.95. The number of rotatable bonds is 6. The number of carboxylic acids is 2. The van der Waals surface area contributed by atoms with Crippen LogP contribution in [0.4, 0.5) is 5.69 Å². The molecule has 0 bridgehead atoms. The number of anilines is 1. The van der Waals surface area contributed by atoms with Crippen molar-refractivity contribution < 1.29 is 34.1 Å². The minimum atomic E-state index is -1.33. The van der Waals surface area contributed by atoms with Gasteiger partial charge in [-0.15, -0.1) is 0 Å². The van der Waals surface area contributed by atoms with Crippen molar-refractivity contribution >= 4 is 52.2 Å². The van der Waals surface area contributed by atoms with Gasteiger partial charge in [0.15, 0.2) is 0 Å². The van der Waals surface area contributed by atoms with E-state index in [1.54, 1.807) is 30.7 Å². The molecule has 10 heteroatoms. The summed E-state index contributed by atoms with van der Waals surface area (Å²) in [6.45, 7) is 3.33. The highest BCUT2D eigenvalue weighted by atomic mass is 16.5. The van der Waals surface area contributed by atoms with Gasteiger partial charge in [-0.2, -0.15) is 10.1 Å². The van der Waals surface area contributed by atoms with E-state index in [1.165, 1.54) is 19.2 Å². The van der Waals surface area contributed by atoms with Crippen LogP contribution in [0.25, 0.3) is 17.0 Å². The number of ether oxygens (including phenoxy) is 1. The molecule has 1 aromatic heterocycles. The van der Waals surface area contributed by atoms with Crippen LogP contribution in [0.2, 0.25) is 0 Å². The second-order valence-electron chi connectivity index (χ2n) is 7.95. The Morgan fingerprint density at radius 3 is 2.29 bits per heavy atom. The predicted molar refractivity (Wildman–Crippen MR) is 128 cm³/mol. The first-order valence-electron chi connectivity index (χ1n) is 10.5. The number of carbonyl (C=O) groups excluding carboxylic acids is 2. The molecule has 2 N–H and O–H groups in total. The fraction of sp³-hybridized carbons (Fsp3) is 0.160. The van der Waals surface area contributed by atoms with Crippen LogP contribution < -0.4 is 5.01 Å². The summed E-state index contributed by atoms with van der Waals surface area (Å²) in [5.41, 5.74) is 1.52. The number of amides is 1. The number of carbonyl (C=O) groups is 4. The van der Waals surface area contributed by atoms with E-state index in [0.717, 1.165) is 22.0 Å². The summed E-state index contributed by atoms with van der Waals surface area (Å²) >= 11 is 0. The van der Waals surface area contributed by atoms with Gasteiger partial charge in [-0.05, 0) is 44.2 Å². The van der Waals surface area contributed by atoms with Crippen LogP contribution in [0.15, 0.2) is 59.3 Å². The molecule has 1 aliphatic rings. The predicted octanol–water partition coefficient (Wildman–Crippen LogP) is 3.58. The Kier molecular flexibility index (Phi) is 5.96. The number of benzene rings is 2. The monoisotopic (exact) mass is 475 g/mol. The zero-order valence-corrected chi connectivity index (χ0v) is 19.1. The Bertz CT molecular complexity index is 1430. The van der Waals surface area contributed by atoms with Gasteiger partial charge in [-0.25, -0.2) is 14.4 Å². The Balaban J connectivity index is 1.79. The van der Waals surface area contributed by atoms with Crippen molar-refractivity contribution in [2.24, 2.45) is 5.10 Å². The number of aromatic carboxylic acids is 2. The number of esters is 1. The van der Waals surface area contributed by atoms with E-state index in [0.29, 0.717) is 11.3 Å². The lowest BCUT2D eigenvalue weighted by Gasteiger charge is -2.13. The van der Waals surface area contributed by atoms with E-state index < -0.39 is 29.9 Å². The van der Waals surface area contributed by atoms with Crippen LogP contribution >= 0.6 is 0 Å². The SMILES string of the molecule is COC(=O)C(C)n1cc(C=C2C(=O)N(c3cc(C(=O)O)cc(C(=O)O)c3)N=C2C)c2ccccc21. The molecule has 0 saturated heterocycles. The highest BCUT2D eigenvalue weighted by Gasteiger charge is 2.30. The molecule has 2 heterocycles. The molecule has 0 radical (unpaired) electrons. The molecular weight excluding hydrogens is 454 g/mol. The van der Waals surface area contributed by atoms with E-state index in [4.69, 9.17) is 4.74 Å². The molecule has 1 aliphatic heterocycles. The number of hydrogen-bond acceptors (Lipinski definition) is 6. The van der Waals surface area contributed by atoms with Crippen molar-refractivity contribution in [1.82, 2.24) is 4.57 Å². The van der Waals surface area contributed by atoms with Gasteiger partial charge in [0.05, 0.1) is 35.2 Å². The third-order valence-corrected chi connectivity index (χ3v) is 5.75. The lowest BCUT2D eigenvalue weighted by molar-refractivity contribution is -0.143. The minimum absolute atomic E-state index is 0.0248. The Morgan fingerprint density at radius 2 is 1.69 bits per heavy atom. The molecule has 4 rings (SSSR count). The first-order chi connectivity index (χ1) is 16.6. The van der Waals surface area contributed by atoms with Crippen LogP contribution in [-0.2, 0) is 14.3 Å². The number of hydrogen-bond donors (Lipinski definition) is 2. The molecule has 1 amide bonds. The molecule has 10 nitrogen and oxygen atoms in total. The number of hydrazone groups is 1. The van der Waals surface area contributed by atoms with E-state index in [9.17, 15) is 29.4 Å². The van der Waals surface area contributed by atoms with Crippen LogP contribution in [0, 0.1) is 0 Å². The van der Waals surface area contributed by atoms with Crippen molar-refractivity contribution in [2.75, 3.05) is 12.1 Å². The summed E-state index contributed by atoms with van der Waals surface area (Å²) < 4.78 is 6.63. The van der Waals surface area contributed by atoms with Gasteiger partial charge in [-0.1, -0.05) is 18.2 Å². The maximum Gasteiger partial charge on any atom is 0.335 e. The highest BCUT2D eigenvalue weighted by molar-refractivity contribution is 6.32. The number of methoxy groups -OCH3 is 1. The second kappa shape index (κ2) is 8.90. The molecule has 0 aliphatic carbocycles. The highest BCUT2D eigenvalue weighted by Crippen LogP contribution is 2.31. The Hall–Kier alpha value is -4.73. The van der Waals surface area contributed by atoms with Crippen LogP contribution in [0.1, 0.15) is 46.2 Å². The third kappa shape index (κ3) is 4.17. The maximum absolute atomic E-state index is 13.3. The number of aromatic nitrogens is 1. The molecule has 2 aromatic carbocycles. The topological polar surface area (TPSA) is 138 Å². The van der Waals surface area contributed by atoms with Crippen molar-refractivity contribution in [3.8, 4) is 0 Å². The zero-order valence-electron chi connectivity index (χ0n) is 19.1. The summed E-state index contributed by atoms with van der Waals surface area (Å²) in [6, 6.07) is 10.2. The second-order valence-corrected chi connectivity index (χ2v) is 7.95. The van der Waals surface area contributed by atoms with Gasteiger partial charge in [-0.3, -0.25) is 4.79 Å². The fourth-order valence-electron chi connectivity index (χ4n) is 3.95. The molecule has 178 valence electrons. The first-order valence-corrected chi connectivity index (χ1v) is 10.5. The lowest BCUT2D eigenvalue weighted by Crippen LogP contribution is -2.22. The van der Waals surface area contributed by atoms with Gasteiger partial charge in [0.1, 0.15) is 6.04 Å². The summed E-state index contributed by atoms with van der Waals surface area (Å²) in [4.78, 5) is 48.4. The summed E-state index contributed by atoms with van der Waals surface area (Å²) in [6.07, 6.45) is 3.39. The van der Waals surface area contributed by atoms with Gasteiger partial charge < -0.3 is 19.5 Å². The minimum Gasteiger partial charge on any atom is -0.478 e. The van der Waals surface area contributed by atoms with Crippen molar-refractivity contribution in [2.45, 2.75) is 19.9 Å². The average molecular weight is 475 g/mol. The van der Waals surface area contributed by atoms with Crippen molar-refractivity contribution in [1.29, 1.82) is 0 Å². The number of fused-ring (bicyclic) bond motifs is 1. The van der Waals surface area contributed by atoms with Crippen molar-refractivity contribution in [3.05, 3.63) is 70.9 Å². The lowest BCUT2D eigenvalue weighted by atomic mass is 10.1. The first kappa shape index (κ1) is 23.4. The largest absolute Gasteiger partial charge is 0.478 e. The van der Waals surface area contributed by atoms with Gasteiger partial charge >= 0.3 is 17.9 Å². The van der Waals surface area contributed by atoms with Crippen LogP contribution in [-0.4, -0.2) is 51.4 Å². The molecule has 1 atom stereocenters. The zero-order chi connectivity index (χ0) is 25.4. The standard InChI is InChI=1S/C25H21N3O7/c1-13-20(11-17-12-27(14(2)25(34)35-3)21-7-5-4-6-19(17)21)22(29)28(26-13)18-9-15(23(30)31)8-16(10-18)24(32)33/h4-12,14H,1-3H3,(H,30,31)(H,32,33). The van der Waals surface area contributed by atoms with E-state index in [1.807, 2.05) is 24.3 Å². The normalized spacial score (nSPS) is 15.4.